The van der Waals surface area contributed by atoms with Gasteiger partial charge in [-0.3, -0.25) is 19.9 Å². The lowest BCUT2D eigenvalue weighted by atomic mass is 9.91. The van der Waals surface area contributed by atoms with E-state index in [1.165, 1.54) is 7.11 Å². The Labute approximate surface area is 195 Å². The fourth-order valence-electron chi connectivity index (χ4n) is 3.60. The lowest BCUT2D eigenvalue weighted by Crippen LogP contribution is -2.22. The summed E-state index contributed by atoms with van der Waals surface area (Å²) in [5.74, 6) is -1.17. The first-order valence-corrected chi connectivity index (χ1v) is 11.4. The lowest BCUT2D eigenvalue weighted by Gasteiger charge is -2.21. The van der Waals surface area contributed by atoms with Gasteiger partial charge in [-0.1, -0.05) is 33.3 Å². The van der Waals surface area contributed by atoms with Crippen molar-refractivity contribution in [3.05, 3.63) is 42.2 Å². The van der Waals surface area contributed by atoms with E-state index in [-0.39, 0.29) is 17.8 Å². The second-order valence-electron chi connectivity index (χ2n) is 7.47. The largest absolute Gasteiger partial charge is 0.465 e. The Morgan fingerprint density at radius 1 is 1.18 bits per heavy atom. The third-order valence-corrected chi connectivity index (χ3v) is 5.31. The molecule has 8 nitrogen and oxygen atoms in total. The zero-order valence-electron chi connectivity index (χ0n) is 19.9. The molecular formula is C25H33N3O5. The van der Waals surface area contributed by atoms with Crippen molar-refractivity contribution in [2.75, 3.05) is 24.4 Å². The van der Waals surface area contributed by atoms with Gasteiger partial charge in [0.1, 0.15) is 0 Å². The molecule has 0 fully saturated rings. The monoisotopic (exact) mass is 455 g/mol. The minimum absolute atomic E-state index is 0.126. The quantitative estimate of drug-likeness (QED) is 0.604. The van der Waals surface area contributed by atoms with Gasteiger partial charge in [0.25, 0.3) is 0 Å². The van der Waals surface area contributed by atoms with Crippen LogP contribution in [-0.4, -0.2) is 36.7 Å². The first kappa shape index (κ1) is 25.8. The SMILES string of the molecule is CC.CCOC(=O)C1CCCC(C)C(=O)Nc2cc(NC(=O)OC)ccc2-c2ccnc1c2. The molecule has 0 saturated heterocycles. The van der Waals surface area contributed by atoms with Gasteiger partial charge in [0.2, 0.25) is 5.91 Å². The van der Waals surface area contributed by atoms with Crippen LogP contribution in [-0.2, 0) is 19.1 Å². The van der Waals surface area contributed by atoms with E-state index in [0.29, 0.717) is 42.9 Å². The van der Waals surface area contributed by atoms with Crippen molar-refractivity contribution in [1.29, 1.82) is 0 Å². The summed E-state index contributed by atoms with van der Waals surface area (Å²) in [6.07, 6.45) is 2.91. The topological polar surface area (TPSA) is 107 Å². The summed E-state index contributed by atoms with van der Waals surface area (Å²) in [7, 11) is 1.28. The Morgan fingerprint density at radius 2 is 1.94 bits per heavy atom. The molecule has 1 aliphatic rings. The molecule has 1 aromatic carbocycles. The van der Waals surface area contributed by atoms with Crippen molar-refractivity contribution in [3.8, 4) is 11.1 Å². The van der Waals surface area contributed by atoms with E-state index < -0.39 is 12.0 Å². The molecule has 178 valence electrons. The fourth-order valence-corrected chi connectivity index (χ4v) is 3.60. The molecule has 2 bridgehead atoms. The first-order chi connectivity index (χ1) is 15.9. The zero-order valence-corrected chi connectivity index (χ0v) is 19.9. The normalized spacial score (nSPS) is 17.5. The van der Waals surface area contributed by atoms with Crippen LogP contribution in [0.3, 0.4) is 0 Å². The van der Waals surface area contributed by atoms with E-state index in [2.05, 4.69) is 20.4 Å². The van der Waals surface area contributed by atoms with E-state index in [0.717, 1.165) is 11.1 Å². The van der Waals surface area contributed by atoms with E-state index in [9.17, 15) is 14.4 Å². The lowest BCUT2D eigenvalue weighted by molar-refractivity contribution is -0.145. The van der Waals surface area contributed by atoms with Gasteiger partial charge < -0.3 is 14.8 Å². The molecule has 0 radical (unpaired) electrons. The number of fused-ring (bicyclic) bond motifs is 4. The summed E-state index contributed by atoms with van der Waals surface area (Å²) in [4.78, 5) is 41.4. The molecule has 0 saturated carbocycles. The molecule has 2 unspecified atom stereocenters. The summed E-state index contributed by atoms with van der Waals surface area (Å²) >= 11 is 0. The van der Waals surface area contributed by atoms with Gasteiger partial charge in [-0.2, -0.15) is 0 Å². The maximum Gasteiger partial charge on any atom is 0.411 e. The van der Waals surface area contributed by atoms with Crippen LogP contribution in [0.5, 0.6) is 0 Å². The molecule has 0 spiro atoms. The zero-order chi connectivity index (χ0) is 24.4. The Hall–Kier alpha value is -3.42. The molecule has 0 aliphatic carbocycles. The van der Waals surface area contributed by atoms with Crippen LogP contribution in [0.4, 0.5) is 16.2 Å². The van der Waals surface area contributed by atoms with Crippen LogP contribution in [0.15, 0.2) is 36.5 Å². The number of ether oxygens (including phenoxy) is 2. The van der Waals surface area contributed by atoms with E-state index in [4.69, 9.17) is 4.74 Å². The summed E-state index contributed by atoms with van der Waals surface area (Å²) in [6, 6.07) is 8.88. The van der Waals surface area contributed by atoms with Gasteiger partial charge in [0.05, 0.1) is 31.0 Å². The highest BCUT2D eigenvalue weighted by Crippen LogP contribution is 2.34. The summed E-state index contributed by atoms with van der Waals surface area (Å²) < 4.78 is 9.92. The number of hydrogen-bond donors (Lipinski definition) is 2. The number of hydrogen-bond acceptors (Lipinski definition) is 6. The Balaban J connectivity index is 0.00000187. The van der Waals surface area contributed by atoms with Crippen LogP contribution < -0.4 is 10.6 Å². The van der Waals surface area contributed by atoms with Crippen LogP contribution in [0.25, 0.3) is 11.1 Å². The number of rotatable bonds is 3. The third kappa shape index (κ3) is 6.78. The van der Waals surface area contributed by atoms with Crippen molar-refractivity contribution in [2.24, 2.45) is 5.92 Å². The number of amides is 2. The first-order valence-electron chi connectivity index (χ1n) is 11.4. The van der Waals surface area contributed by atoms with Crippen molar-refractivity contribution in [1.82, 2.24) is 4.98 Å². The molecule has 33 heavy (non-hydrogen) atoms. The van der Waals surface area contributed by atoms with Crippen LogP contribution in [0.1, 0.15) is 58.6 Å². The number of pyridine rings is 1. The predicted octanol–water partition coefficient (Wildman–Crippen LogP) is 5.36. The molecule has 2 heterocycles. The Kier molecular flexibility index (Phi) is 9.84. The van der Waals surface area contributed by atoms with Crippen LogP contribution >= 0.6 is 0 Å². The van der Waals surface area contributed by atoms with Crippen molar-refractivity contribution < 1.29 is 23.9 Å². The number of anilines is 2. The van der Waals surface area contributed by atoms with Crippen molar-refractivity contribution in [2.45, 2.75) is 52.9 Å². The minimum Gasteiger partial charge on any atom is -0.465 e. The summed E-state index contributed by atoms with van der Waals surface area (Å²) in [6.45, 7) is 7.93. The van der Waals surface area contributed by atoms with Gasteiger partial charge >= 0.3 is 12.1 Å². The number of nitrogens with zero attached hydrogens (tertiary/aromatic N) is 1. The highest BCUT2D eigenvalue weighted by Gasteiger charge is 2.26. The molecule has 2 aromatic rings. The average Bonchev–Trinajstić information content (AvgIpc) is 2.82. The molecule has 2 N–H and O–H groups in total. The molecule has 3 rings (SSSR count). The molecule has 8 heteroatoms. The number of esters is 1. The number of carbonyl (C=O) groups is 3. The average molecular weight is 456 g/mol. The minimum atomic E-state index is -0.601. The second kappa shape index (κ2) is 12.6. The Morgan fingerprint density at radius 3 is 2.64 bits per heavy atom. The maximum absolute atomic E-state index is 12.8. The number of aromatic nitrogens is 1. The standard InChI is InChI=1S/C23H27N3O5.C2H6/c1-4-31-22(28)18-7-5-6-14(2)21(27)26-20-13-16(25-23(29)30-3)8-9-17(20)15-10-11-24-19(18)12-15;1-2/h8-14,18H,4-7H2,1-3H3,(H,25,29)(H,26,27);1-2H3. The van der Waals surface area contributed by atoms with Crippen LogP contribution in [0.2, 0.25) is 0 Å². The van der Waals surface area contributed by atoms with Gasteiger partial charge in [0, 0.05) is 23.4 Å². The van der Waals surface area contributed by atoms with E-state index in [1.807, 2.05) is 32.9 Å². The van der Waals surface area contributed by atoms with Gasteiger partial charge in [-0.15, -0.1) is 0 Å². The van der Waals surface area contributed by atoms with Gasteiger partial charge in [-0.05, 0) is 49.6 Å². The molecule has 1 aliphatic heterocycles. The molecule has 2 amide bonds. The smallest absolute Gasteiger partial charge is 0.411 e. The highest BCUT2D eigenvalue weighted by atomic mass is 16.5. The second-order valence-corrected chi connectivity index (χ2v) is 7.47. The van der Waals surface area contributed by atoms with Crippen molar-refractivity contribution >= 4 is 29.3 Å². The van der Waals surface area contributed by atoms with E-state index >= 15 is 0 Å². The van der Waals surface area contributed by atoms with Crippen LogP contribution in [0, 0.1) is 5.92 Å². The Bertz CT molecular complexity index is 976. The highest BCUT2D eigenvalue weighted by molar-refractivity contribution is 5.98. The molecule has 1 aromatic heterocycles. The van der Waals surface area contributed by atoms with E-state index in [1.54, 1.807) is 31.3 Å². The summed E-state index contributed by atoms with van der Waals surface area (Å²) in [5.41, 5.74) is 3.23. The number of benzene rings is 1. The number of methoxy groups -OCH3 is 1. The molecular weight excluding hydrogens is 422 g/mol. The van der Waals surface area contributed by atoms with Crippen molar-refractivity contribution in [3.63, 3.8) is 0 Å². The summed E-state index contributed by atoms with van der Waals surface area (Å²) in [5, 5.41) is 5.59. The predicted molar refractivity (Wildman–Crippen MR) is 128 cm³/mol. The van der Waals surface area contributed by atoms with Gasteiger partial charge in [0.15, 0.2) is 0 Å². The fraction of sp³-hybridized carbons (Fsp3) is 0.440. The third-order valence-electron chi connectivity index (χ3n) is 5.31. The number of nitrogens with one attached hydrogen (secondary N) is 2. The van der Waals surface area contributed by atoms with Gasteiger partial charge in [-0.25, -0.2) is 4.79 Å². The molecule has 2 atom stereocenters. The number of carbonyl (C=O) groups excluding carboxylic acids is 3. The maximum atomic E-state index is 12.8.